The Labute approximate surface area is 228 Å². The number of amides is 3. The minimum absolute atomic E-state index is 0.0581. The van der Waals surface area contributed by atoms with E-state index in [1.54, 1.807) is 26.0 Å². The molecule has 0 unspecified atom stereocenters. The summed E-state index contributed by atoms with van der Waals surface area (Å²) >= 11 is 0. The number of pyridine rings is 1. The lowest BCUT2D eigenvalue weighted by Gasteiger charge is -2.20. The van der Waals surface area contributed by atoms with E-state index in [2.05, 4.69) is 15.6 Å². The average molecular weight is 559 g/mol. The maximum atomic E-state index is 12.7. The fraction of sp³-hybridized carbons (Fsp3) is 0.444. The third-order valence-electron chi connectivity index (χ3n) is 6.17. The largest absolute Gasteiger partial charge is 0.462 e. The third-order valence-corrected chi connectivity index (χ3v) is 7.52. The van der Waals surface area contributed by atoms with Crippen molar-refractivity contribution in [1.82, 2.24) is 20.3 Å². The maximum absolute atomic E-state index is 12.7. The van der Waals surface area contributed by atoms with Crippen molar-refractivity contribution < 1.29 is 32.3 Å². The molecule has 39 heavy (non-hydrogen) atoms. The van der Waals surface area contributed by atoms with Crippen LogP contribution in [-0.4, -0.2) is 56.3 Å². The van der Waals surface area contributed by atoms with Gasteiger partial charge in [0.15, 0.2) is 0 Å². The lowest BCUT2D eigenvalue weighted by molar-refractivity contribution is -0.146. The van der Waals surface area contributed by atoms with E-state index in [-0.39, 0.29) is 40.6 Å². The van der Waals surface area contributed by atoms with Gasteiger partial charge in [0.1, 0.15) is 12.2 Å². The van der Waals surface area contributed by atoms with Gasteiger partial charge in [-0.1, -0.05) is 31.4 Å². The number of hydrogen-bond acceptors (Lipinski definition) is 8. The molecule has 0 radical (unpaired) electrons. The van der Waals surface area contributed by atoms with Crippen LogP contribution in [0.25, 0.3) is 0 Å². The average Bonchev–Trinajstić information content (AvgIpc) is 2.92. The fourth-order valence-corrected chi connectivity index (χ4v) is 5.10. The van der Waals surface area contributed by atoms with Gasteiger partial charge < -0.3 is 15.4 Å². The molecule has 1 aromatic carbocycles. The van der Waals surface area contributed by atoms with Crippen molar-refractivity contribution in [3.05, 3.63) is 59.4 Å². The molecule has 11 nitrogen and oxygen atoms in total. The molecule has 0 bridgehead atoms. The third kappa shape index (κ3) is 9.17. The van der Waals surface area contributed by atoms with Crippen molar-refractivity contribution in [3.63, 3.8) is 0 Å². The van der Waals surface area contributed by atoms with Crippen LogP contribution in [0.15, 0.2) is 47.5 Å². The van der Waals surface area contributed by atoms with Gasteiger partial charge in [-0.05, 0) is 62.9 Å². The van der Waals surface area contributed by atoms with Gasteiger partial charge in [-0.25, -0.2) is 13.1 Å². The topological polar surface area (TPSA) is 161 Å². The lowest BCUT2D eigenvalue weighted by Crippen LogP contribution is -2.33. The zero-order valence-electron chi connectivity index (χ0n) is 22.1. The monoisotopic (exact) mass is 558 g/mol. The van der Waals surface area contributed by atoms with Crippen molar-refractivity contribution in [2.75, 3.05) is 13.1 Å². The van der Waals surface area contributed by atoms with E-state index < -0.39 is 27.8 Å². The minimum atomic E-state index is -4.16. The smallest absolute Gasteiger partial charge is 0.325 e. The van der Waals surface area contributed by atoms with Crippen molar-refractivity contribution >= 4 is 33.7 Å². The highest BCUT2D eigenvalue weighted by Crippen LogP contribution is 2.23. The SMILES string of the molecule is CC(C)OC(=O)CNC(=O)c1ccc(C(=O)NS(=O)(=O)c2ccc(CCNC(=O)C3CCCCC3)cc2)cn1. The number of carbonyl (C=O) groups excluding carboxylic acids is 4. The Bertz CT molecular complexity index is 1270. The summed E-state index contributed by atoms with van der Waals surface area (Å²) in [4.78, 5) is 52.2. The number of esters is 1. The maximum Gasteiger partial charge on any atom is 0.325 e. The van der Waals surface area contributed by atoms with E-state index in [1.165, 1.54) is 30.7 Å². The molecule has 1 aromatic heterocycles. The van der Waals surface area contributed by atoms with Crippen molar-refractivity contribution in [2.24, 2.45) is 5.92 Å². The summed E-state index contributed by atoms with van der Waals surface area (Å²) in [5.74, 6) is -2.01. The van der Waals surface area contributed by atoms with E-state index in [0.29, 0.717) is 13.0 Å². The number of ether oxygens (including phenoxy) is 1. The second-order valence-electron chi connectivity index (χ2n) is 9.61. The zero-order chi connectivity index (χ0) is 28.4. The Hall–Kier alpha value is -3.80. The molecule has 1 fully saturated rings. The number of rotatable bonds is 11. The normalized spacial score (nSPS) is 13.9. The predicted molar refractivity (Wildman–Crippen MR) is 142 cm³/mol. The van der Waals surface area contributed by atoms with E-state index in [1.807, 2.05) is 4.72 Å². The molecule has 1 aliphatic carbocycles. The molecule has 3 amide bonds. The van der Waals surface area contributed by atoms with E-state index >= 15 is 0 Å². The van der Waals surface area contributed by atoms with Crippen LogP contribution in [0.2, 0.25) is 0 Å². The minimum Gasteiger partial charge on any atom is -0.462 e. The summed E-state index contributed by atoms with van der Waals surface area (Å²) in [5.41, 5.74) is 0.719. The summed E-state index contributed by atoms with van der Waals surface area (Å²) in [6.07, 6.45) is 6.51. The molecule has 0 saturated heterocycles. The number of nitrogens with one attached hydrogen (secondary N) is 3. The highest BCUT2D eigenvalue weighted by atomic mass is 32.2. The van der Waals surface area contributed by atoms with Crippen LogP contribution in [0.3, 0.4) is 0 Å². The van der Waals surface area contributed by atoms with Crippen LogP contribution in [0.1, 0.15) is 72.4 Å². The molecule has 210 valence electrons. The van der Waals surface area contributed by atoms with Gasteiger partial charge in [0.25, 0.3) is 21.8 Å². The van der Waals surface area contributed by atoms with E-state index in [4.69, 9.17) is 4.74 Å². The number of carbonyl (C=O) groups is 4. The molecule has 3 rings (SSSR count). The van der Waals surface area contributed by atoms with Crippen LogP contribution >= 0.6 is 0 Å². The summed E-state index contributed by atoms with van der Waals surface area (Å²) in [6.45, 7) is 3.48. The molecule has 1 saturated carbocycles. The van der Waals surface area contributed by atoms with E-state index in [9.17, 15) is 27.6 Å². The molecular formula is C27H34N4O7S. The molecular weight excluding hydrogens is 524 g/mol. The fourth-order valence-electron chi connectivity index (χ4n) is 4.12. The Morgan fingerprint density at radius 1 is 0.949 bits per heavy atom. The first-order valence-electron chi connectivity index (χ1n) is 12.9. The Morgan fingerprint density at radius 2 is 1.64 bits per heavy atom. The Morgan fingerprint density at radius 3 is 2.26 bits per heavy atom. The van der Waals surface area contributed by atoms with Gasteiger partial charge in [-0.3, -0.25) is 24.2 Å². The lowest BCUT2D eigenvalue weighted by atomic mass is 9.88. The number of nitrogens with zero attached hydrogens (tertiary/aromatic N) is 1. The van der Waals surface area contributed by atoms with Crippen LogP contribution in [-0.2, 0) is 30.8 Å². The summed E-state index contributed by atoms with van der Waals surface area (Å²) < 4.78 is 32.3. The second-order valence-corrected chi connectivity index (χ2v) is 11.3. The van der Waals surface area contributed by atoms with Crippen molar-refractivity contribution in [3.8, 4) is 0 Å². The standard InChI is InChI=1S/C27H34N4O7S/c1-18(2)38-24(32)17-30-27(35)23-13-10-21(16-29-23)26(34)31-39(36,37)22-11-8-19(9-12-22)14-15-28-25(33)20-6-4-3-5-7-20/h8-13,16,18,20H,3-7,14-15,17H2,1-2H3,(H,28,33)(H,30,35)(H,31,34). The Balaban J connectivity index is 1.49. The zero-order valence-corrected chi connectivity index (χ0v) is 22.9. The molecule has 0 spiro atoms. The van der Waals surface area contributed by atoms with Gasteiger partial charge in [0.2, 0.25) is 5.91 Å². The molecule has 1 heterocycles. The van der Waals surface area contributed by atoms with Crippen molar-refractivity contribution in [2.45, 2.75) is 63.4 Å². The second kappa shape index (κ2) is 13.8. The van der Waals surface area contributed by atoms with Gasteiger partial charge in [-0.2, -0.15) is 0 Å². The number of benzene rings is 1. The highest BCUT2D eigenvalue weighted by Gasteiger charge is 2.21. The first-order chi connectivity index (χ1) is 18.5. The quantitative estimate of drug-likeness (QED) is 0.354. The molecule has 2 aromatic rings. The number of aromatic nitrogens is 1. The summed E-state index contributed by atoms with van der Waals surface area (Å²) in [6, 6.07) is 8.56. The molecule has 12 heteroatoms. The first kappa shape index (κ1) is 29.8. The van der Waals surface area contributed by atoms with Gasteiger partial charge >= 0.3 is 5.97 Å². The first-order valence-corrected chi connectivity index (χ1v) is 14.4. The van der Waals surface area contributed by atoms with Crippen LogP contribution < -0.4 is 15.4 Å². The predicted octanol–water partition coefficient (Wildman–Crippen LogP) is 2.12. The summed E-state index contributed by atoms with van der Waals surface area (Å²) in [7, 11) is -4.16. The Kier molecular flexibility index (Phi) is 10.6. The molecule has 0 atom stereocenters. The van der Waals surface area contributed by atoms with Crippen molar-refractivity contribution in [1.29, 1.82) is 0 Å². The van der Waals surface area contributed by atoms with Crippen LogP contribution in [0.5, 0.6) is 0 Å². The highest BCUT2D eigenvalue weighted by molar-refractivity contribution is 7.90. The van der Waals surface area contributed by atoms with Crippen LogP contribution in [0, 0.1) is 5.92 Å². The van der Waals surface area contributed by atoms with Gasteiger partial charge in [-0.15, -0.1) is 0 Å². The van der Waals surface area contributed by atoms with Crippen LogP contribution in [0.4, 0.5) is 0 Å². The number of sulfonamides is 1. The van der Waals surface area contributed by atoms with Gasteiger partial charge in [0.05, 0.1) is 16.6 Å². The summed E-state index contributed by atoms with van der Waals surface area (Å²) in [5, 5.41) is 5.31. The van der Waals surface area contributed by atoms with E-state index in [0.717, 1.165) is 37.4 Å². The number of hydrogen-bond donors (Lipinski definition) is 3. The molecule has 1 aliphatic rings. The molecule has 3 N–H and O–H groups in total. The molecule has 0 aliphatic heterocycles. The van der Waals surface area contributed by atoms with Gasteiger partial charge in [0, 0.05) is 18.7 Å².